The van der Waals surface area contributed by atoms with E-state index in [-0.39, 0.29) is 17.3 Å². The molecular formula is C16H21FO2S. The molecule has 1 aromatic rings. The van der Waals surface area contributed by atoms with E-state index >= 15 is 0 Å². The van der Waals surface area contributed by atoms with Crippen LogP contribution in [0.15, 0.2) is 18.2 Å². The van der Waals surface area contributed by atoms with Crippen LogP contribution in [0.3, 0.4) is 0 Å². The van der Waals surface area contributed by atoms with E-state index in [9.17, 15) is 9.50 Å². The molecule has 2 saturated heterocycles. The molecule has 0 aromatic heterocycles. The predicted molar refractivity (Wildman–Crippen MR) is 79.4 cm³/mol. The smallest absolute Gasteiger partial charge is 0.123 e. The van der Waals surface area contributed by atoms with Crippen molar-refractivity contribution >= 4 is 11.8 Å². The van der Waals surface area contributed by atoms with Crippen LogP contribution < -0.4 is 0 Å². The molecule has 2 heterocycles. The zero-order valence-electron chi connectivity index (χ0n) is 11.8. The van der Waals surface area contributed by atoms with Crippen molar-refractivity contribution in [2.45, 2.75) is 37.9 Å². The van der Waals surface area contributed by atoms with Crippen LogP contribution in [0.4, 0.5) is 4.39 Å². The largest absolute Gasteiger partial charge is 0.388 e. The van der Waals surface area contributed by atoms with Crippen molar-refractivity contribution in [3.05, 3.63) is 35.1 Å². The Morgan fingerprint density at radius 1 is 1.45 bits per heavy atom. The summed E-state index contributed by atoms with van der Waals surface area (Å²) < 4.78 is 19.5. The molecule has 2 fully saturated rings. The number of aliphatic hydroxyl groups excluding tert-OH is 1. The molecule has 1 aromatic carbocycles. The van der Waals surface area contributed by atoms with Gasteiger partial charge in [-0.1, -0.05) is 6.07 Å². The second kappa shape index (κ2) is 5.66. The number of rotatable bonds is 2. The second-order valence-corrected chi connectivity index (χ2v) is 7.20. The van der Waals surface area contributed by atoms with Crippen molar-refractivity contribution in [2.24, 2.45) is 5.92 Å². The van der Waals surface area contributed by atoms with Crippen molar-refractivity contribution < 1.29 is 14.2 Å². The van der Waals surface area contributed by atoms with Gasteiger partial charge in [0.25, 0.3) is 0 Å². The zero-order chi connectivity index (χ0) is 14.2. The standard InChI is InChI=1S/C16H21FO2S/c1-11-6-13(8-14(17)7-11)15(18)12-2-4-19-16(9-12)3-5-20-10-16/h6-8,12,15,18H,2-5,9-10H2,1H3. The van der Waals surface area contributed by atoms with E-state index in [1.807, 2.05) is 24.8 Å². The summed E-state index contributed by atoms with van der Waals surface area (Å²) in [5, 5.41) is 10.6. The fourth-order valence-corrected chi connectivity index (χ4v) is 4.78. The number of hydrogen-bond acceptors (Lipinski definition) is 3. The lowest BCUT2D eigenvalue weighted by Crippen LogP contribution is -2.41. The first kappa shape index (κ1) is 14.4. The van der Waals surface area contributed by atoms with Gasteiger partial charge in [0.15, 0.2) is 0 Å². The molecule has 110 valence electrons. The number of halogens is 1. The summed E-state index contributed by atoms with van der Waals surface area (Å²) in [7, 11) is 0. The van der Waals surface area contributed by atoms with Gasteiger partial charge in [0.05, 0.1) is 11.7 Å². The first-order valence-electron chi connectivity index (χ1n) is 7.25. The van der Waals surface area contributed by atoms with Crippen molar-refractivity contribution in [2.75, 3.05) is 18.1 Å². The normalized spacial score (nSPS) is 31.6. The van der Waals surface area contributed by atoms with Gasteiger partial charge in [-0.05, 0) is 61.1 Å². The maximum absolute atomic E-state index is 13.5. The topological polar surface area (TPSA) is 29.5 Å². The molecule has 1 spiro atoms. The van der Waals surface area contributed by atoms with E-state index < -0.39 is 6.10 Å². The molecule has 0 aliphatic carbocycles. The highest BCUT2D eigenvalue weighted by Gasteiger charge is 2.42. The Hall–Kier alpha value is -0.580. The number of benzene rings is 1. The van der Waals surface area contributed by atoms with E-state index in [0.29, 0.717) is 12.2 Å². The maximum Gasteiger partial charge on any atom is 0.123 e. The third-order valence-corrected chi connectivity index (χ3v) is 5.67. The molecule has 2 aliphatic rings. The molecule has 3 atom stereocenters. The third kappa shape index (κ3) is 2.87. The fourth-order valence-electron chi connectivity index (χ4n) is 3.41. The van der Waals surface area contributed by atoms with Crippen LogP contribution in [0.5, 0.6) is 0 Å². The van der Waals surface area contributed by atoms with Crippen LogP contribution in [0, 0.1) is 18.7 Å². The molecule has 1 N–H and O–H groups in total. The lowest BCUT2D eigenvalue weighted by atomic mass is 9.80. The van der Waals surface area contributed by atoms with Crippen molar-refractivity contribution in [3.63, 3.8) is 0 Å². The number of hydrogen-bond donors (Lipinski definition) is 1. The molecule has 2 aliphatic heterocycles. The van der Waals surface area contributed by atoms with Gasteiger partial charge in [0, 0.05) is 12.4 Å². The van der Waals surface area contributed by atoms with Crippen LogP contribution in [-0.4, -0.2) is 28.8 Å². The Morgan fingerprint density at radius 3 is 3.00 bits per heavy atom. The summed E-state index contributed by atoms with van der Waals surface area (Å²) >= 11 is 1.93. The highest BCUT2D eigenvalue weighted by atomic mass is 32.2. The minimum absolute atomic E-state index is 0.0447. The monoisotopic (exact) mass is 296 g/mol. The van der Waals surface area contributed by atoms with E-state index in [1.165, 1.54) is 12.1 Å². The van der Waals surface area contributed by atoms with Gasteiger partial charge in [-0.25, -0.2) is 4.39 Å². The first-order chi connectivity index (χ1) is 9.58. The van der Waals surface area contributed by atoms with Gasteiger partial charge in [-0.2, -0.15) is 11.8 Å². The van der Waals surface area contributed by atoms with Crippen LogP contribution in [0.1, 0.15) is 36.5 Å². The summed E-state index contributed by atoms with van der Waals surface area (Å²) in [4.78, 5) is 0. The first-order valence-corrected chi connectivity index (χ1v) is 8.40. The average molecular weight is 296 g/mol. The number of thioether (sulfide) groups is 1. The minimum Gasteiger partial charge on any atom is -0.388 e. The van der Waals surface area contributed by atoms with E-state index in [2.05, 4.69) is 0 Å². The van der Waals surface area contributed by atoms with Crippen molar-refractivity contribution in [3.8, 4) is 0 Å². The van der Waals surface area contributed by atoms with Crippen molar-refractivity contribution in [1.29, 1.82) is 0 Å². The highest BCUT2D eigenvalue weighted by Crippen LogP contribution is 2.44. The molecule has 20 heavy (non-hydrogen) atoms. The van der Waals surface area contributed by atoms with Crippen LogP contribution >= 0.6 is 11.8 Å². The van der Waals surface area contributed by atoms with E-state index in [0.717, 1.165) is 36.3 Å². The lowest BCUT2D eigenvalue weighted by molar-refractivity contribution is -0.102. The van der Waals surface area contributed by atoms with Crippen LogP contribution in [-0.2, 0) is 4.74 Å². The summed E-state index contributed by atoms with van der Waals surface area (Å²) in [6.45, 7) is 2.56. The van der Waals surface area contributed by atoms with Gasteiger partial charge in [-0.15, -0.1) is 0 Å². The molecule has 3 rings (SSSR count). The van der Waals surface area contributed by atoms with Gasteiger partial charge in [-0.3, -0.25) is 0 Å². The summed E-state index contributed by atoms with van der Waals surface area (Å²) in [6, 6.07) is 4.85. The van der Waals surface area contributed by atoms with Crippen LogP contribution in [0.2, 0.25) is 0 Å². The Labute approximate surface area is 123 Å². The molecule has 0 radical (unpaired) electrons. The van der Waals surface area contributed by atoms with Crippen LogP contribution in [0.25, 0.3) is 0 Å². The molecule has 3 unspecified atom stereocenters. The molecule has 2 nitrogen and oxygen atoms in total. The molecule has 0 saturated carbocycles. The van der Waals surface area contributed by atoms with Gasteiger partial charge < -0.3 is 9.84 Å². The lowest BCUT2D eigenvalue weighted by Gasteiger charge is -2.39. The fraction of sp³-hybridized carbons (Fsp3) is 0.625. The number of ether oxygens (including phenoxy) is 1. The SMILES string of the molecule is Cc1cc(F)cc(C(O)C2CCOC3(CCSC3)C2)c1. The predicted octanol–water partition coefficient (Wildman–Crippen LogP) is 3.47. The average Bonchev–Trinajstić information content (AvgIpc) is 2.85. The summed E-state index contributed by atoms with van der Waals surface area (Å²) in [5.41, 5.74) is 1.52. The Bertz CT molecular complexity index is 465. The Morgan fingerprint density at radius 2 is 2.30 bits per heavy atom. The maximum atomic E-state index is 13.5. The molecular weight excluding hydrogens is 275 g/mol. The quantitative estimate of drug-likeness (QED) is 0.906. The summed E-state index contributed by atoms with van der Waals surface area (Å²) in [6.07, 6.45) is 2.22. The second-order valence-electron chi connectivity index (χ2n) is 6.09. The number of aliphatic hydroxyl groups is 1. The van der Waals surface area contributed by atoms with E-state index in [1.54, 1.807) is 0 Å². The highest BCUT2D eigenvalue weighted by molar-refractivity contribution is 7.99. The zero-order valence-corrected chi connectivity index (χ0v) is 12.6. The third-order valence-electron chi connectivity index (χ3n) is 4.45. The van der Waals surface area contributed by atoms with Gasteiger partial charge in [0.1, 0.15) is 5.82 Å². The summed E-state index contributed by atoms with van der Waals surface area (Å²) in [5.74, 6) is 2.07. The molecule has 0 bridgehead atoms. The van der Waals surface area contributed by atoms with Gasteiger partial charge in [0.2, 0.25) is 0 Å². The van der Waals surface area contributed by atoms with E-state index in [4.69, 9.17) is 4.74 Å². The Kier molecular flexibility index (Phi) is 4.07. The van der Waals surface area contributed by atoms with Crippen molar-refractivity contribution in [1.82, 2.24) is 0 Å². The molecule has 4 heteroatoms. The molecule has 0 amide bonds. The minimum atomic E-state index is -0.587. The van der Waals surface area contributed by atoms with Gasteiger partial charge >= 0.3 is 0 Å². The number of aryl methyl sites for hydroxylation is 1. The Balaban J connectivity index is 1.77.